The van der Waals surface area contributed by atoms with Gasteiger partial charge in [-0.2, -0.15) is 0 Å². The number of hydrogen-bond acceptors (Lipinski definition) is 4. The third-order valence-corrected chi connectivity index (χ3v) is 5.02. The van der Waals surface area contributed by atoms with E-state index in [4.69, 9.17) is 4.74 Å². The van der Waals surface area contributed by atoms with Crippen molar-refractivity contribution >= 4 is 17.7 Å². The van der Waals surface area contributed by atoms with E-state index >= 15 is 0 Å². The van der Waals surface area contributed by atoms with Crippen LogP contribution in [0.5, 0.6) is 5.75 Å². The van der Waals surface area contributed by atoms with Crippen LogP contribution in [-0.2, 0) is 13.1 Å². The van der Waals surface area contributed by atoms with Gasteiger partial charge < -0.3 is 10.1 Å². The standard InChI is InChI=1S/C24H20N2O4/c1-30-19-11-9-16(10-12-19)14-25-22(27)18-6-4-5-17(13-18)15-26-23(28)20-7-2-3-8-21(20)24(26)29/h2-13H,14-15H2,1H3,(H,25,27). The Labute approximate surface area is 174 Å². The lowest BCUT2D eigenvalue weighted by molar-refractivity contribution is 0.0642. The summed E-state index contributed by atoms with van der Waals surface area (Å²) in [4.78, 5) is 38.9. The molecule has 1 aliphatic rings. The van der Waals surface area contributed by atoms with Gasteiger partial charge in [-0.25, -0.2) is 0 Å². The molecule has 0 saturated heterocycles. The highest BCUT2D eigenvalue weighted by atomic mass is 16.5. The maximum absolute atomic E-state index is 12.6. The SMILES string of the molecule is COc1ccc(CNC(=O)c2cccc(CN3C(=O)c4ccccc4C3=O)c2)cc1. The van der Waals surface area contributed by atoms with E-state index in [1.807, 2.05) is 24.3 Å². The Balaban J connectivity index is 1.43. The minimum Gasteiger partial charge on any atom is -0.497 e. The van der Waals surface area contributed by atoms with E-state index in [9.17, 15) is 14.4 Å². The molecule has 1 N–H and O–H groups in total. The second-order valence-electron chi connectivity index (χ2n) is 6.97. The van der Waals surface area contributed by atoms with Crippen LogP contribution in [0.1, 0.15) is 42.2 Å². The largest absolute Gasteiger partial charge is 0.497 e. The van der Waals surface area contributed by atoms with Gasteiger partial charge in [0.05, 0.1) is 24.8 Å². The molecule has 1 heterocycles. The molecule has 6 nitrogen and oxygen atoms in total. The molecule has 0 aliphatic carbocycles. The first-order valence-corrected chi connectivity index (χ1v) is 9.52. The molecule has 3 aromatic rings. The number of methoxy groups -OCH3 is 1. The highest BCUT2D eigenvalue weighted by molar-refractivity contribution is 6.21. The van der Waals surface area contributed by atoms with Crippen LogP contribution in [-0.4, -0.2) is 29.7 Å². The van der Waals surface area contributed by atoms with Crippen molar-refractivity contribution < 1.29 is 19.1 Å². The van der Waals surface area contributed by atoms with E-state index in [1.165, 1.54) is 4.90 Å². The average molecular weight is 400 g/mol. The van der Waals surface area contributed by atoms with E-state index in [0.29, 0.717) is 28.8 Å². The number of imide groups is 1. The number of carbonyl (C=O) groups is 3. The Morgan fingerprint density at radius 1 is 0.867 bits per heavy atom. The van der Waals surface area contributed by atoms with Crippen LogP contribution in [0.3, 0.4) is 0 Å². The fraction of sp³-hybridized carbons (Fsp3) is 0.125. The number of benzene rings is 3. The summed E-state index contributed by atoms with van der Waals surface area (Å²) in [5.74, 6) is -0.101. The summed E-state index contributed by atoms with van der Waals surface area (Å²) in [7, 11) is 1.60. The maximum Gasteiger partial charge on any atom is 0.261 e. The molecule has 0 aromatic heterocycles. The predicted octanol–water partition coefficient (Wildman–Crippen LogP) is 3.42. The fourth-order valence-corrected chi connectivity index (χ4v) is 3.40. The van der Waals surface area contributed by atoms with Gasteiger partial charge in [0.15, 0.2) is 0 Å². The molecule has 3 amide bonds. The van der Waals surface area contributed by atoms with Gasteiger partial charge in [0.25, 0.3) is 17.7 Å². The normalized spacial score (nSPS) is 12.6. The first-order valence-electron chi connectivity index (χ1n) is 9.52. The zero-order valence-corrected chi connectivity index (χ0v) is 16.4. The summed E-state index contributed by atoms with van der Waals surface area (Å²) in [6, 6.07) is 21.2. The highest BCUT2D eigenvalue weighted by Gasteiger charge is 2.34. The van der Waals surface area contributed by atoms with Crippen molar-refractivity contribution in [1.82, 2.24) is 10.2 Å². The summed E-state index contributed by atoms with van der Waals surface area (Å²) < 4.78 is 5.13. The summed E-state index contributed by atoms with van der Waals surface area (Å²) in [5, 5.41) is 2.88. The van der Waals surface area contributed by atoms with Crippen molar-refractivity contribution in [2.75, 3.05) is 7.11 Å². The van der Waals surface area contributed by atoms with Gasteiger partial charge in [-0.05, 0) is 47.5 Å². The van der Waals surface area contributed by atoms with Gasteiger partial charge in [0.2, 0.25) is 0 Å². The van der Waals surface area contributed by atoms with Crippen LogP contribution in [0, 0.1) is 0 Å². The van der Waals surface area contributed by atoms with E-state index in [0.717, 1.165) is 11.3 Å². The molecular formula is C24H20N2O4. The Bertz CT molecular complexity index is 1090. The minimum absolute atomic E-state index is 0.117. The van der Waals surface area contributed by atoms with E-state index < -0.39 is 0 Å². The second-order valence-corrected chi connectivity index (χ2v) is 6.97. The summed E-state index contributed by atoms with van der Waals surface area (Å²) in [6.45, 7) is 0.497. The molecule has 0 atom stereocenters. The first kappa shape index (κ1) is 19.4. The molecular weight excluding hydrogens is 380 g/mol. The highest BCUT2D eigenvalue weighted by Crippen LogP contribution is 2.24. The van der Waals surface area contributed by atoms with Crippen molar-refractivity contribution in [3.05, 3.63) is 101 Å². The van der Waals surface area contributed by atoms with Crippen molar-refractivity contribution in [3.8, 4) is 5.75 Å². The molecule has 4 rings (SSSR count). The number of hydrogen-bond donors (Lipinski definition) is 1. The Morgan fingerprint density at radius 3 is 2.17 bits per heavy atom. The minimum atomic E-state index is -0.315. The van der Waals surface area contributed by atoms with Gasteiger partial charge in [-0.1, -0.05) is 36.4 Å². The van der Waals surface area contributed by atoms with Gasteiger partial charge in [0.1, 0.15) is 5.75 Å². The van der Waals surface area contributed by atoms with Crippen LogP contribution in [0.2, 0.25) is 0 Å². The Hall–Kier alpha value is -3.93. The van der Waals surface area contributed by atoms with Gasteiger partial charge in [-0.3, -0.25) is 19.3 Å². The van der Waals surface area contributed by atoms with Crippen LogP contribution < -0.4 is 10.1 Å². The van der Waals surface area contributed by atoms with E-state index in [1.54, 1.807) is 55.6 Å². The molecule has 30 heavy (non-hydrogen) atoms. The molecule has 0 bridgehead atoms. The van der Waals surface area contributed by atoms with Crippen LogP contribution in [0.25, 0.3) is 0 Å². The van der Waals surface area contributed by atoms with Gasteiger partial charge in [0, 0.05) is 12.1 Å². The fourth-order valence-electron chi connectivity index (χ4n) is 3.40. The number of nitrogens with one attached hydrogen (secondary N) is 1. The van der Waals surface area contributed by atoms with E-state index in [2.05, 4.69) is 5.32 Å². The summed E-state index contributed by atoms with van der Waals surface area (Å²) >= 11 is 0. The molecule has 6 heteroatoms. The molecule has 0 spiro atoms. The Kier molecular flexibility index (Phi) is 5.30. The lowest BCUT2D eigenvalue weighted by Gasteiger charge is -2.14. The first-order chi connectivity index (χ1) is 14.6. The lowest BCUT2D eigenvalue weighted by Crippen LogP contribution is -2.29. The monoisotopic (exact) mass is 400 g/mol. The number of amides is 3. The van der Waals surface area contributed by atoms with Crippen LogP contribution >= 0.6 is 0 Å². The number of ether oxygens (including phenoxy) is 1. The summed E-state index contributed by atoms with van der Waals surface area (Å²) in [6.07, 6.45) is 0. The molecule has 0 unspecified atom stereocenters. The van der Waals surface area contributed by atoms with Crippen LogP contribution in [0.15, 0.2) is 72.8 Å². The lowest BCUT2D eigenvalue weighted by atomic mass is 10.1. The summed E-state index contributed by atoms with van der Waals surface area (Å²) in [5.41, 5.74) is 2.96. The smallest absolute Gasteiger partial charge is 0.261 e. The third kappa shape index (κ3) is 3.80. The number of rotatable bonds is 6. The number of carbonyl (C=O) groups excluding carboxylic acids is 3. The predicted molar refractivity (Wildman–Crippen MR) is 111 cm³/mol. The third-order valence-electron chi connectivity index (χ3n) is 5.02. The quantitative estimate of drug-likeness (QED) is 0.644. The Morgan fingerprint density at radius 2 is 1.53 bits per heavy atom. The van der Waals surface area contributed by atoms with Gasteiger partial charge in [-0.15, -0.1) is 0 Å². The number of fused-ring (bicyclic) bond motifs is 1. The molecule has 150 valence electrons. The molecule has 0 saturated carbocycles. The van der Waals surface area contributed by atoms with Crippen molar-refractivity contribution in [1.29, 1.82) is 0 Å². The van der Waals surface area contributed by atoms with E-state index in [-0.39, 0.29) is 24.3 Å². The van der Waals surface area contributed by atoms with Crippen molar-refractivity contribution in [2.45, 2.75) is 13.1 Å². The van der Waals surface area contributed by atoms with Crippen LogP contribution in [0.4, 0.5) is 0 Å². The zero-order valence-electron chi connectivity index (χ0n) is 16.4. The second kappa shape index (κ2) is 8.21. The topological polar surface area (TPSA) is 75.7 Å². The van der Waals surface area contributed by atoms with Gasteiger partial charge >= 0.3 is 0 Å². The zero-order chi connectivity index (χ0) is 21.1. The van der Waals surface area contributed by atoms with Crippen molar-refractivity contribution in [3.63, 3.8) is 0 Å². The maximum atomic E-state index is 12.6. The number of nitrogens with zero attached hydrogens (tertiary/aromatic N) is 1. The molecule has 3 aromatic carbocycles. The molecule has 0 radical (unpaired) electrons. The molecule has 1 aliphatic heterocycles. The average Bonchev–Trinajstić information content (AvgIpc) is 3.03. The molecule has 0 fully saturated rings. The van der Waals surface area contributed by atoms with Crippen molar-refractivity contribution in [2.24, 2.45) is 0 Å².